The van der Waals surface area contributed by atoms with E-state index in [1.165, 1.54) is 0 Å². The molecule has 84 valence electrons. The molecule has 1 aromatic heterocycles. The zero-order chi connectivity index (χ0) is 11.3. The second-order valence-electron chi connectivity index (χ2n) is 3.44. The second kappa shape index (κ2) is 5.01. The third-order valence-corrected chi connectivity index (χ3v) is 2.10. The van der Waals surface area contributed by atoms with Crippen LogP contribution in [0, 0.1) is 6.92 Å². The molecule has 0 atom stereocenters. The molecule has 0 fully saturated rings. The highest BCUT2D eigenvalue weighted by molar-refractivity contribution is 5.36. The van der Waals surface area contributed by atoms with Gasteiger partial charge in [0, 0.05) is 0 Å². The van der Waals surface area contributed by atoms with Gasteiger partial charge in [0.25, 0.3) is 0 Å². The molecule has 6 nitrogen and oxygen atoms in total. The van der Waals surface area contributed by atoms with Crippen molar-refractivity contribution in [3.05, 3.63) is 17.8 Å². The Morgan fingerprint density at radius 2 is 1.73 bits per heavy atom. The normalized spacial score (nSPS) is 11.5. The van der Waals surface area contributed by atoms with Crippen LogP contribution in [-0.4, -0.2) is 50.9 Å². The van der Waals surface area contributed by atoms with Crippen LogP contribution < -0.4 is 5.32 Å². The Hall–Kier alpha value is -1.24. The van der Waals surface area contributed by atoms with Gasteiger partial charge in [0.1, 0.15) is 11.4 Å². The van der Waals surface area contributed by atoms with E-state index in [4.69, 9.17) is 15.3 Å². The van der Waals surface area contributed by atoms with Crippen LogP contribution in [-0.2, 0) is 0 Å². The average Bonchev–Trinajstić information content (AvgIpc) is 2.29. The first-order chi connectivity index (χ1) is 7.15. The van der Waals surface area contributed by atoms with Gasteiger partial charge in [-0.05, 0) is 19.1 Å². The maximum Gasteiger partial charge on any atom is 0.149 e. The molecular weight excluding hydrogens is 198 g/mol. The van der Waals surface area contributed by atoms with E-state index in [1.54, 1.807) is 19.1 Å². The Kier molecular flexibility index (Phi) is 3.96. The third kappa shape index (κ3) is 2.85. The van der Waals surface area contributed by atoms with E-state index in [0.717, 1.165) is 5.69 Å². The molecule has 0 spiro atoms. The number of anilines is 1. The van der Waals surface area contributed by atoms with Gasteiger partial charge in [-0.3, -0.25) is 0 Å². The van der Waals surface area contributed by atoms with Crippen LogP contribution in [0.3, 0.4) is 0 Å². The van der Waals surface area contributed by atoms with Gasteiger partial charge in [-0.25, -0.2) is 0 Å². The number of hydrogen-bond acceptors (Lipinski definition) is 6. The van der Waals surface area contributed by atoms with E-state index in [-0.39, 0.29) is 0 Å². The van der Waals surface area contributed by atoms with Crippen LogP contribution in [0.25, 0.3) is 0 Å². The Morgan fingerprint density at radius 3 is 2.13 bits per heavy atom. The number of hydrogen-bond donors (Lipinski definition) is 4. The topological polar surface area (TPSA) is 98.5 Å². The summed E-state index contributed by atoms with van der Waals surface area (Å²) >= 11 is 0. The molecule has 0 saturated heterocycles. The zero-order valence-corrected chi connectivity index (χ0v) is 8.51. The molecular formula is C9H15N3O3. The Bertz CT molecular complexity index is 290. The molecule has 15 heavy (non-hydrogen) atoms. The molecule has 0 aromatic carbocycles. The van der Waals surface area contributed by atoms with Crippen molar-refractivity contribution in [2.75, 3.05) is 25.1 Å². The summed E-state index contributed by atoms with van der Waals surface area (Å²) in [5.41, 5.74) is -0.396. The van der Waals surface area contributed by atoms with Crippen LogP contribution in [0.5, 0.6) is 0 Å². The average molecular weight is 213 g/mol. The van der Waals surface area contributed by atoms with Gasteiger partial charge in [0.2, 0.25) is 0 Å². The van der Waals surface area contributed by atoms with E-state index in [1.807, 2.05) is 0 Å². The van der Waals surface area contributed by atoms with Crippen molar-refractivity contribution in [3.8, 4) is 0 Å². The molecule has 0 unspecified atom stereocenters. The predicted molar refractivity (Wildman–Crippen MR) is 54.4 cm³/mol. The maximum atomic E-state index is 9.06. The van der Waals surface area contributed by atoms with Gasteiger partial charge in [-0.15, -0.1) is 5.10 Å². The molecule has 1 aromatic rings. The molecule has 0 aliphatic heterocycles. The minimum atomic E-state index is -1.16. The quantitative estimate of drug-likeness (QED) is 0.496. The smallest absolute Gasteiger partial charge is 0.149 e. The summed E-state index contributed by atoms with van der Waals surface area (Å²) in [6, 6.07) is 3.41. The van der Waals surface area contributed by atoms with E-state index < -0.39 is 25.4 Å². The number of aliphatic hydroxyl groups is 3. The van der Waals surface area contributed by atoms with Crippen molar-refractivity contribution in [3.63, 3.8) is 0 Å². The highest BCUT2D eigenvalue weighted by atomic mass is 16.3. The standard InChI is InChI=1S/C9H15N3O3/c1-7-2-3-8(12-11-7)10-9(4-13,5-14)6-15/h2-3,13-15H,4-6H2,1H3,(H,10,12). The van der Waals surface area contributed by atoms with E-state index in [9.17, 15) is 0 Å². The number of aryl methyl sites for hydroxylation is 1. The predicted octanol–water partition coefficient (Wildman–Crippen LogP) is -1.09. The van der Waals surface area contributed by atoms with Crippen molar-refractivity contribution < 1.29 is 15.3 Å². The maximum absolute atomic E-state index is 9.06. The lowest BCUT2D eigenvalue weighted by molar-refractivity contribution is 0.0830. The summed E-state index contributed by atoms with van der Waals surface area (Å²) in [4.78, 5) is 0. The molecule has 0 radical (unpaired) electrons. The lowest BCUT2D eigenvalue weighted by Gasteiger charge is -2.28. The highest BCUT2D eigenvalue weighted by Crippen LogP contribution is 2.11. The molecule has 0 saturated carbocycles. The lowest BCUT2D eigenvalue weighted by atomic mass is 10.0. The van der Waals surface area contributed by atoms with Gasteiger partial charge >= 0.3 is 0 Å². The second-order valence-corrected chi connectivity index (χ2v) is 3.44. The summed E-state index contributed by atoms with van der Waals surface area (Å²) in [5.74, 6) is 0.401. The fraction of sp³-hybridized carbons (Fsp3) is 0.556. The first-order valence-corrected chi connectivity index (χ1v) is 4.57. The van der Waals surface area contributed by atoms with Crippen LogP contribution in [0.15, 0.2) is 12.1 Å². The molecule has 0 aliphatic carbocycles. The lowest BCUT2D eigenvalue weighted by Crippen LogP contribution is -2.49. The van der Waals surface area contributed by atoms with Gasteiger partial charge < -0.3 is 20.6 Å². The molecule has 6 heteroatoms. The van der Waals surface area contributed by atoms with Gasteiger partial charge in [0.05, 0.1) is 25.5 Å². The summed E-state index contributed by atoms with van der Waals surface area (Å²) in [7, 11) is 0. The van der Waals surface area contributed by atoms with Crippen LogP contribution in [0.1, 0.15) is 5.69 Å². The van der Waals surface area contributed by atoms with Crippen molar-refractivity contribution in [1.82, 2.24) is 10.2 Å². The number of rotatable bonds is 5. The van der Waals surface area contributed by atoms with Gasteiger partial charge in [-0.2, -0.15) is 5.10 Å². The molecule has 0 amide bonds. The number of nitrogens with zero attached hydrogens (tertiary/aromatic N) is 2. The minimum absolute atomic E-state index is 0.393. The third-order valence-electron chi connectivity index (χ3n) is 2.10. The largest absolute Gasteiger partial charge is 0.394 e. The summed E-state index contributed by atoms with van der Waals surface area (Å²) in [5, 5.41) is 37.6. The summed E-state index contributed by atoms with van der Waals surface area (Å²) in [6.07, 6.45) is 0. The zero-order valence-electron chi connectivity index (χ0n) is 8.51. The van der Waals surface area contributed by atoms with Gasteiger partial charge in [-0.1, -0.05) is 0 Å². The molecule has 1 heterocycles. The van der Waals surface area contributed by atoms with E-state index in [0.29, 0.717) is 5.82 Å². The monoisotopic (exact) mass is 213 g/mol. The molecule has 4 N–H and O–H groups in total. The first-order valence-electron chi connectivity index (χ1n) is 4.57. The van der Waals surface area contributed by atoms with E-state index >= 15 is 0 Å². The number of aliphatic hydroxyl groups excluding tert-OH is 3. The van der Waals surface area contributed by atoms with Crippen molar-refractivity contribution in [1.29, 1.82) is 0 Å². The minimum Gasteiger partial charge on any atom is -0.394 e. The fourth-order valence-electron chi connectivity index (χ4n) is 1.01. The Balaban J connectivity index is 2.78. The Morgan fingerprint density at radius 1 is 1.13 bits per heavy atom. The van der Waals surface area contributed by atoms with Crippen molar-refractivity contribution in [2.24, 2.45) is 0 Å². The van der Waals surface area contributed by atoms with Crippen LogP contribution >= 0.6 is 0 Å². The summed E-state index contributed by atoms with van der Waals surface area (Å²) < 4.78 is 0. The fourth-order valence-corrected chi connectivity index (χ4v) is 1.01. The summed E-state index contributed by atoms with van der Waals surface area (Å²) in [6.45, 7) is 0.620. The van der Waals surface area contributed by atoms with Crippen molar-refractivity contribution >= 4 is 5.82 Å². The Labute approximate surface area is 87.6 Å². The SMILES string of the molecule is Cc1ccc(NC(CO)(CO)CO)nn1. The molecule has 1 rings (SSSR count). The van der Waals surface area contributed by atoms with Gasteiger partial charge in [0.15, 0.2) is 0 Å². The number of nitrogens with one attached hydrogen (secondary N) is 1. The van der Waals surface area contributed by atoms with Crippen molar-refractivity contribution in [2.45, 2.75) is 12.5 Å². The molecule has 0 aliphatic rings. The van der Waals surface area contributed by atoms with Crippen LogP contribution in [0.4, 0.5) is 5.82 Å². The van der Waals surface area contributed by atoms with E-state index in [2.05, 4.69) is 15.5 Å². The molecule has 0 bridgehead atoms. The number of aromatic nitrogens is 2. The first kappa shape index (κ1) is 11.8. The highest BCUT2D eigenvalue weighted by Gasteiger charge is 2.28. The van der Waals surface area contributed by atoms with Crippen LogP contribution in [0.2, 0.25) is 0 Å².